The Morgan fingerprint density at radius 1 is 0.919 bits per heavy atom. The van der Waals surface area contributed by atoms with Crippen LogP contribution in [0.5, 0.6) is 0 Å². The number of carbonyl (C=O) groups is 2. The second kappa shape index (κ2) is 18.4. The summed E-state index contributed by atoms with van der Waals surface area (Å²) in [5.74, 6) is -0.958. The number of sulfonamides is 1. The molecule has 0 unspecified atom stereocenters. The highest BCUT2D eigenvalue weighted by atomic mass is 32.2. The van der Waals surface area contributed by atoms with Crippen molar-refractivity contribution in [3.8, 4) is 0 Å². The number of amides is 2. The average Bonchev–Trinajstić information content (AvgIpc) is 3.66. The third-order valence-electron chi connectivity index (χ3n) is 9.76. The Labute approximate surface area is 364 Å². The molecule has 0 saturated heterocycles. The molecule has 1 aliphatic rings. The molecule has 1 atom stereocenters. The summed E-state index contributed by atoms with van der Waals surface area (Å²) >= 11 is 2.65. The minimum absolute atomic E-state index is 0.217. The first-order chi connectivity index (χ1) is 29.5. The number of rotatable bonds is 15. The van der Waals surface area contributed by atoms with Gasteiger partial charge in [0, 0.05) is 41.5 Å². The molecule has 2 amide bonds. The average molecular weight is 925 g/mol. The van der Waals surface area contributed by atoms with E-state index in [2.05, 4.69) is 25.6 Å². The van der Waals surface area contributed by atoms with Gasteiger partial charge in [-0.25, -0.2) is 36.5 Å². The van der Waals surface area contributed by atoms with Crippen molar-refractivity contribution in [2.75, 3.05) is 48.5 Å². The van der Waals surface area contributed by atoms with Crippen LogP contribution in [0.4, 0.5) is 29.8 Å². The fraction of sp³-hybridized carbons (Fsp3) is 0.244. The number of thiazole rings is 1. The van der Waals surface area contributed by atoms with Gasteiger partial charge in [-0.3, -0.25) is 14.9 Å². The summed E-state index contributed by atoms with van der Waals surface area (Å²) in [7, 11) is -7.41. The number of hydrogen-bond acceptors (Lipinski definition) is 14. The summed E-state index contributed by atoms with van der Waals surface area (Å²) in [6, 6.07) is 24.2. The molecule has 4 heterocycles. The summed E-state index contributed by atoms with van der Waals surface area (Å²) < 4.78 is 97.2. The number of hydrogen-bond donors (Lipinski definition) is 3. The molecule has 3 aromatic carbocycles. The molecule has 0 saturated carbocycles. The number of nitrogens with one attached hydrogen (secondary N) is 3. The van der Waals surface area contributed by atoms with Gasteiger partial charge in [-0.05, 0) is 105 Å². The molecule has 7 rings (SSSR count). The number of carbonyl (C=O) groups excluding carboxylic acids is 2. The van der Waals surface area contributed by atoms with E-state index in [0.29, 0.717) is 58.8 Å². The number of aromatic nitrogens is 3. The van der Waals surface area contributed by atoms with Crippen molar-refractivity contribution in [2.45, 2.75) is 45.6 Å². The lowest BCUT2D eigenvalue weighted by Crippen LogP contribution is -2.34. The monoisotopic (exact) mass is 924 g/mol. The number of sulfone groups is 1. The molecule has 324 valence electrons. The molecule has 0 spiro atoms. The predicted molar refractivity (Wildman–Crippen MR) is 233 cm³/mol. The lowest BCUT2D eigenvalue weighted by atomic mass is 9.94. The second-order valence-corrected chi connectivity index (χ2v) is 20.1. The Hall–Kier alpha value is -5.61. The summed E-state index contributed by atoms with van der Waals surface area (Å²) in [6.07, 6.45) is 2.56. The Balaban J connectivity index is 1.10. The van der Waals surface area contributed by atoms with Gasteiger partial charge in [-0.1, -0.05) is 47.7 Å². The highest BCUT2D eigenvalue weighted by Gasteiger charge is 2.48. The molecule has 0 radical (unpaired) electrons. The van der Waals surface area contributed by atoms with Gasteiger partial charge in [0.05, 0.1) is 10.6 Å². The van der Waals surface area contributed by atoms with Crippen molar-refractivity contribution >= 4 is 81.8 Å². The van der Waals surface area contributed by atoms with Crippen LogP contribution in [0.1, 0.15) is 38.4 Å². The molecule has 3 N–H and O–H groups in total. The van der Waals surface area contributed by atoms with Crippen molar-refractivity contribution < 1.29 is 39.6 Å². The van der Waals surface area contributed by atoms with Gasteiger partial charge < -0.3 is 15.1 Å². The van der Waals surface area contributed by atoms with E-state index in [0.717, 1.165) is 28.2 Å². The molecule has 0 bridgehead atoms. The molecule has 62 heavy (non-hydrogen) atoms. The summed E-state index contributed by atoms with van der Waals surface area (Å²) in [5.41, 5.74) is -3.85. The highest BCUT2D eigenvalue weighted by Crippen LogP contribution is 2.37. The van der Waals surface area contributed by atoms with E-state index >= 15 is 0 Å². The topological polar surface area (TPSA) is 184 Å². The van der Waals surface area contributed by atoms with Crippen LogP contribution in [0.25, 0.3) is 10.3 Å². The standard InChI is InChI=1S/C41H39F3N8O6S4/c1-51(2)21-19-27(25-59-28-10-4-3-5-11-28)46-32-17-16-29(23-35(32)61(55,56)41(42,43)44)62(57,58)50-38(54)33-13-7-15-36(47-33)52-22-18-26-9-6-12-30(31(26)24-52)37(53)49-40-48-34-14-8-20-45-39(34)60-40/h3-17,20,23,27,46H,18-19,21-22,24-25H2,1-2H3,(H,50,54)(H,48,49,53)/t27-/m1/s1. The van der Waals surface area contributed by atoms with Gasteiger partial charge in [0.1, 0.15) is 26.8 Å². The molecule has 3 aromatic heterocycles. The Kier molecular flexibility index (Phi) is 13.2. The number of halogens is 3. The zero-order chi connectivity index (χ0) is 44.2. The van der Waals surface area contributed by atoms with Crippen LogP contribution in [0.15, 0.2) is 118 Å². The minimum atomic E-state index is -6.09. The van der Waals surface area contributed by atoms with Crippen LogP contribution in [0.2, 0.25) is 0 Å². The smallest absolute Gasteiger partial charge is 0.380 e. The zero-order valence-electron chi connectivity index (χ0n) is 33.1. The van der Waals surface area contributed by atoms with E-state index in [-0.39, 0.29) is 24.0 Å². The Morgan fingerprint density at radius 3 is 2.44 bits per heavy atom. The number of benzene rings is 3. The van der Waals surface area contributed by atoms with Crippen LogP contribution in [-0.4, -0.2) is 93.0 Å². The molecule has 0 fully saturated rings. The molecule has 6 aromatic rings. The van der Waals surface area contributed by atoms with Crippen molar-refractivity contribution in [2.24, 2.45) is 0 Å². The third-order valence-corrected chi connectivity index (χ3v) is 14.7. The number of thioether (sulfide) groups is 1. The first-order valence-corrected chi connectivity index (χ1v) is 23.7. The number of nitrogens with zero attached hydrogens (tertiary/aromatic N) is 5. The van der Waals surface area contributed by atoms with Gasteiger partial charge in [0.2, 0.25) is 0 Å². The normalized spacial score (nSPS) is 13.7. The number of fused-ring (bicyclic) bond motifs is 2. The van der Waals surface area contributed by atoms with Gasteiger partial charge in [0.15, 0.2) is 5.13 Å². The van der Waals surface area contributed by atoms with E-state index in [1.54, 1.807) is 36.5 Å². The Morgan fingerprint density at radius 2 is 1.69 bits per heavy atom. The molecular formula is C41H39F3N8O6S4. The number of pyridine rings is 2. The summed E-state index contributed by atoms with van der Waals surface area (Å²) in [6.45, 7) is 1.17. The van der Waals surface area contributed by atoms with Crippen molar-refractivity contribution in [3.63, 3.8) is 0 Å². The van der Waals surface area contributed by atoms with Gasteiger partial charge in [-0.2, -0.15) is 13.2 Å². The van der Waals surface area contributed by atoms with Gasteiger partial charge in [-0.15, -0.1) is 11.8 Å². The third kappa shape index (κ3) is 10.2. The summed E-state index contributed by atoms with van der Waals surface area (Å²) in [4.78, 5) is 43.1. The van der Waals surface area contributed by atoms with E-state index in [1.807, 2.05) is 65.0 Å². The SMILES string of the molecule is CN(C)CC[C@H](CSc1ccccc1)Nc1ccc(S(=O)(=O)NC(=O)c2cccc(N3CCc4cccc(C(=O)Nc5nc6cccnc6s5)c4C3)n2)cc1S(=O)(=O)C(F)(F)F. The molecule has 0 aliphatic carbocycles. The van der Waals surface area contributed by atoms with Crippen molar-refractivity contribution in [1.29, 1.82) is 0 Å². The quantitative estimate of drug-likeness (QED) is 0.0912. The van der Waals surface area contributed by atoms with Crippen LogP contribution in [0, 0.1) is 0 Å². The Bertz CT molecular complexity index is 2810. The maximum Gasteiger partial charge on any atom is 0.501 e. The zero-order valence-corrected chi connectivity index (χ0v) is 36.4. The predicted octanol–water partition coefficient (Wildman–Crippen LogP) is 6.84. The van der Waals surface area contributed by atoms with Crippen LogP contribution in [0.3, 0.4) is 0 Å². The maximum absolute atomic E-state index is 14.1. The first kappa shape index (κ1) is 44.4. The molecule has 14 nitrogen and oxygen atoms in total. The van der Waals surface area contributed by atoms with Crippen molar-refractivity contribution in [1.82, 2.24) is 24.6 Å². The minimum Gasteiger partial charge on any atom is -0.380 e. The lowest BCUT2D eigenvalue weighted by Gasteiger charge is -2.31. The highest BCUT2D eigenvalue weighted by molar-refractivity contribution is 7.99. The number of anilines is 3. The fourth-order valence-electron chi connectivity index (χ4n) is 6.62. The second-order valence-electron chi connectivity index (χ2n) is 14.4. The van der Waals surface area contributed by atoms with E-state index in [9.17, 15) is 39.6 Å². The lowest BCUT2D eigenvalue weighted by molar-refractivity contribution is -0.0436. The fourth-order valence-corrected chi connectivity index (χ4v) is 10.4. The molecular weight excluding hydrogens is 886 g/mol. The molecule has 21 heteroatoms. The van der Waals surface area contributed by atoms with E-state index in [4.69, 9.17) is 0 Å². The van der Waals surface area contributed by atoms with Gasteiger partial charge >= 0.3 is 5.51 Å². The first-order valence-electron chi connectivity index (χ1n) is 19.0. The van der Waals surface area contributed by atoms with E-state index < -0.39 is 52.8 Å². The van der Waals surface area contributed by atoms with Crippen LogP contribution in [-0.2, 0) is 32.8 Å². The largest absolute Gasteiger partial charge is 0.501 e. The molecule has 1 aliphatic heterocycles. The van der Waals surface area contributed by atoms with Gasteiger partial charge in [0.25, 0.3) is 31.7 Å². The number of alkyl halides is 3. The maximum atomic E-state index is 14.1. The van der Waals surface area contributed by atoms with Crippen LogP contribution < -0.4 is 20.3 Å². The van der Waals surface area contributed by atoms with Crippen molar-refractivity contribution in [3.05, 3.63) is 126 Å². The van der Waals surface area contributed by atoms with Crippen LogP contribution >= 0.6 is 23.1 Å². The van der Waals surface area contributed by atoms with E-state index in [1.165, 1.54) is 35.2 Å². The summed E-state index contributed by atoms with van der Waals surface area (Å²) in [5, 5.41) is 6.15.